The van der Waals surface area contributed by atoms with E-state index in [-0.39, 0.29) is 18.4 Å². The van der Waals surface area contributed by atoms with E-state index in [0.717, 1.165) is 18.5 Å². The molecule has 0 aliphatic heterocycles. The molecule has 126 valence electrons. The van der Waals surface area contributed by atoms with E-state index in [1.807, 2.05) is 13.0 Å². The number of ether oxygens (including phenoxy) is 1. The third-order valence-electron chi connectivity index (χ3n) is 3.72. The summed E-state index contributed by atoms with van der Waals surface area (Å²) in [4.78, 5) is 23.9. The molecule has 3 N–H and O–H groups in total. The van der Waals surface area contributed by atoms with Crippen molar-refractivity contribution < 1.29 is 14.3 Å². The molecule has 0 saturated heterocycles. The molecule has 0 atom stereocenters. The summed E-state index contributed by atoms with van der Waals surface area (Å²) in [5, 5.41) is 12.2. The molecule has 1 aliphatic carbocycles. The maximum absolute atomic E-state index is 12.0. The van der Waals surface area contributed by atoms with Crippen molar-refractivity contribution in [2.75, 3.05) is 18.5 Å². The van der Waals surface area contributed by atoms with Gasteiger partial charge in [0.2, 0.25) is 5.91 Å². The lowest BCUT2D eigenvalue weighted by Gasteiger charge is -2.06. The maximum Gasteiger partial charge on any atom is 0.251 e. The molecule has 1 aliphatic rings. The fourth-order valence-electron chi connectivity index (χ4n) is 2.32. The summed E-state index contributed by atoms with van der Waals surface area (Å²) in [7, 11) is 0. The van der Waals surface area contributed by atoms with Gasteiger partial charge in [0.05, 0.1) is 13.2 Å². The maximum atomic E-state index is 12.0. The third kappa shape index (κ3) is 4.13. The van der Waals surface area contributed by atoms with Crippen LogP contribution in [0.15, 0.2) is 30.3 Å². The van der Waals surface area contributed by atoms with Crippen molar-refractivity contribution in [3.63, 3.8) is 0 Å². The fraction of sp³-hybridized carbons (Fsp3) is 0.353. The van der Waals surface area contributed by atoms with Crippen LogP contribution in [0.2, 0.25) is 0 Å². The average Bonchev–Trinajstić information content (AvgIpc) is 3.34. The Hall–Kier alpha value is -2.83. The zero-order chi connectivity index (χ0) is 16.9. The molecule has 0 spiro atoms. The zero-order valence-electron chi connectivity index (χ0n) is 13.5. The van der Waals surface area contributed by atoms with Crippen molar-refractivity contribution in [3.05, 3.63) is 41.6 Å². The van der Waals surface area contributed by atoms with E-state index in [1.54, 1.807) is 24.3 Å². The summed E-state index contributed by atoms with van der Waals surface area (Å²) in [6.45, 7) is 2.35. The molecule has 0 unspecified atom stereocenters. The number of aromatic amines is 1. The Morgan fingerprint density at radius 2 is 2.04 bits per heavy atom. The predicted octanol–water partition coefficient (Wildman–Crippen LogP) is 2.05. The van der Waals surface area contributed by atoms with Crippen LogP contribution in [-0.4, -0.2) is 35.2 Å². The summed E-state index contributed by atoms with van der Waals surface area (Å²) in [5.41, 5.74) is 1.52. The largest absolute Gasteiger partial charge is 0.494 e. The predicted molar refractivity (Wildman–Crippen MR) is 89.1 cm³/mol. The topological polar surface area (TPSA) is 96.1 Å². The van der Waals surface area contributed by atoms with E-state index in [1.165, 1.54) is 0 Å². The van der Waals surface area contributed by atoms with E-state index < -0.39 is 0 Å². The monoisotopic (exact) mass is 328 g/mol. The molecule has 2 aromatic rings. The number of anilines is 1. The van der Waals surface area contributed by atoms with Crippen LogP contribution in [-0.2, 0) is 4.79 Å². The summed E-state index contributed by atoms with van der Waals surface area (Å²) in [6, 6.07) is 8.61. The SMILES string of the molecule is CCOc1ccc(C(=O)NCC(=O)Nc2cc(C3CC3)[nH]n2)cc1. The number of hydrogen-bond acceptors (Lipinski definition) is 4. The van der Waals surface area contributed by atoms with Gasteiger partial charge < -0.3 is 15.4 Å². The molecule has 1 aromatic carbocycles. The smallest absolute Gasteiger partial charge is 0.251 e. The quantitative estimate of drug-likeness (QED) is 0.725. The molecule has 24 heavy (non-hydrogen) atoms. The number of benzene rings is 1. The Morgan fingerprint density at radius 1 is 1.29 bits per heavy atom. The second-order valence-corrected chi connectivity index (χ2v) is 5.67. The fourth-order valence-corrected chi connectivity index (χ4v) is 2.32. The molecule has 1 aromatic heterocycles. The van der Waals surface area contributed by atoms with Crippen molar-refractivity contribution in [1.82, 2.24) is 15.5 Å². The molecule has 1 heterocycles. The highest BCUT2D eigenvalue weighted by atomic mass is 16.5. The van der Waals surface area contributed by atoms with Crippen molar-refractivity contribution in [2.24, 2.45) is 0 Å². The number of carbonyl (C=O) groups is 2. The van der Waals surface area contributed by atoms with Gasteiger partial charge >= 0.3 is 0 Å². The van der Waals surface area contributed by atoms with Crippen LogP contribution >= 0.6 is 0 Å². The average molecular weight is 328 g/mol. The normalized spacial score (nSPS) is 13.4. The van der Waals surface area contributed by atoms with E-state index in [2.05, 4.69) is 20.8 Å². The van der Waals surface area contributed by atoms with Gasteiger partial charge in [0.25, 0.3) is 5.91 Å². The summed E-state index contributed by atoms with van der Waals surface area (Å²) in [5.74, 6) is 1.11. The molecule has 0 radical (unpaired) electrons. The highest BCUT2D eigenvalue weighted by Crippen LogP contribution is 2.39. The Kier molecular flexibility index (Phi) is 4.79. The molecular formula is C17H20N4O3. The first-order valence-electron chi connectivity index (χ1n) is 8.02. The minimum Gasteiger partial charge on any atom is -0.494 e. The molecule has 2 amide bonds. The number of carbonyl (C=O) groups excluding carboxylic acids is 2. The lowest BCUT2D eigenvalue weighted by Crippen LogP contribution is -2.32. The minimum atomic E-state index is -0.317. The second kappa shape index (κ2) is 7.16. The van der Waals surface area contributed by atoms with Gasteiger partial charge in [0.1, 0.15) is 5.75 Å². The van der Waals surface area contributed by atoms with Crippen LogP contribution in [0.4, 0.5) is 5.82 Å². The lowest BCUT2D eigenvalue weighted by molar-refractivity contribution is -0.115. The van der Waals surface area contributed by atoms with Crippen LogP contribution in [0.5, 0.6) is 5.75 Å². The summed E-state index contributed by atoms with van der Waals surface area (Å²) >= 11 is 0. The number of rotatable bonds is 7. The van der Waals surface area contributed by atoms with Crippen molar-refractivity contribution in [1.29, 1.82) is 0 Å². The Labute approximate surface area is 139 Å². The Balaban J connectivity index is 1.46. The first-order valence-corrected chi connectivity index (χ1v) is 8.02. The minimum absolute atomic E-state index is 0.113. The van der Waals surface area contributed by atoms with Gasteiger partial charge in [-0.1, -0.05) is 0 Å². The van der Waals surface area contributed by atoms with Crippen LogP contribution in [0.25, 0.3) is 0 Å². The van der Waals surface area contributed by atoms with Crippen LogP contribution < -0.4 is 15.4 Å². The molecule has 3 rings (SSSR count). The molecule has 1 fully saturated rings. The highest BCUT2D eigenvalue weighted by molar-refractivity contribution is 5.99. The van der Waals surface area contributed by atoms with E-state index in [0.29, 0.717) is 29.7 Å². The molecule has 7 heteroatoms. The van der Waals surface area contributed by atoms with Gasteiger partial charge in [-0.2, -0.15) is 5.10 Å². The molecule has 1 saturated carbocycles. The van der Waals surface area contributed by atoms with Gasteiger partial charge in [-0.3, -0.25) is 14.7 Å². The molecule has 0 bridgehead atoms. The van der Waals surface area contributed by atoms with Crippen LogP contribution in [0.1, 0.15) is 41.7 Å². The second-order valence-electron chi connectivity index (χ2n) is 5.67. The number of amides is 2. The van der Waals surface area contributed by atoms with E-state index in [9.17, 15) is 9.59 Å². The van der Waals surface area contributed by atoms with Crippen molar-refractivity contribution in [3.8, 4) is 5.75 Å². The molecule has 7 nitrogen and oxygen atoms in total. The Morgan fingerprint density at radius 3 is 2.71 bits per heavy atom. The van der Waals surface area contributed by atoms with Gasteiger partial charge in [-0.05, 0) is 44.0 Å². The van der Waals surface area contributed by atoms with Crippen LogP contribution in [0.3, 0.4) is 0 Å². The number of H-pyrrole nitrogens is 1. The zero-order valence-corrected chi connectivity index (χ0v) is 13.5. The van der Waals surface area contributed by atoms with Gasteiger partial charge in [-0.25, -0.2) is 0 Å². The lowest BCUT2D eigenvalue weighted by atomic mass is 10.2. The third-order valence-corrected chi connectivity index (χ3v) is 3.72. The van der Waals surface area contributed by atoms with Crippen LogP contribution in [0, 0.1) is 0 Å². The van der Waals surface area contributed by atoms with Crippen molar-refractivity contribution in [2.45, 2.75) is 25.7 Å². The first kappa shape index (κ1) is 16.0. The van der Waals surface area contributed by atoms with E-state index in [4.69, 9.17) is 4.74 Å². The number of nitrogens with one attached hydrogen (secondary N) is 3. The summed E-state index contributed by atoms with van der Waals surface area (Å²) in [6.07, 6.45) is 2.32. The standard InChI is InChI=1S/C17H20N4O3/c1-2-24-13-7-5-12(6-8-13)17(23)18-10-16(22)19-15-9-14(20-21-15)11-3-4-11/h5-9,11H,2-4,10H2,1H3,(H,18,23)(H2,19,20,21,22). The highest BCUT2D eigenvalue weighted by Gasteiger charge is 2.25. The van der Waals surface area contributed by atoms with Gasteiger partial charge in [0.15, 0.2) is 5.82 Å². The Bertz CT molecular complexity index is 720. The van der Waals surface area contributed by atoms with E-state index >= 15 is 0 Å². The number of aromatic nitrogens is 2. The van der Waals surface area contributed by atoms with Crippen molar-refractivity contribution >= 4 is 17.6 Å². The summed E-state index contributed by atoms with van der Waals surface area (Å²) < 4.78 is 5.32. The molecular weight excluding hydrogens is 308 g/mol. The number of nitrogens with zero attached hydrogens (tertiary/aromatic N) is 1. The van der Waals surface area contributed by atoms with Gasteiger partial charge in [0, 0.05) is 23.2 Å². The number of hydrogen-bond donors (Lipinski definition) is 3. The van der Waals surface area contributed by atoms with Gasteiger partial charge in [-0.15, -0.1) is 0 Å². The first-order chi connectivity index (χ1) is 11.7.